The van der Waals surface area contributed by atoms with Crippen molar-refractivity contribution in [2.75, 3.05) is 13.1 Å². The first-order chi connectivity index (χ1) is 7.22. The zero-order valence-electron chi connectivity index (χ0n) is 9.25. The molecule has 1 aromatic rings. The van der Waals surface area contributed by atoms with E-state index >= 15 is 0 Å². The van der Waals surface area contributed by atoms with Crippen LogP contribution in [0.5, 0.6) is 0 Å². The summed E-state index contributed by atoms with van der Waals surface area (Å²) < 4.78 is 0. The number of hydrogen-bond acceptors (Lipinski definition) is 3. The molecular formula is C12H19NOS. The average molecular weight is 225 g/mol. The van der Waals surface area contributed by atoms with Crippen molar-refractivity contribution < 1.29 is 5.11 Å². The van der Waals surface area contributed by atoms with E-state index < -0.39 is 5.60 Å². The third kappa shape index (κ3) is 2.80. The fourth-order valence-electron chi connectivity index (χ4n) is 2.13. The van der Waals surface area contributed by atoms with E-state index in [0.717, 1.165) is 38.8 Å². The van der Waals surface area contributed by atoms with Crippen molar-refractivity contribution in [3.05, 3.63) is 21.9 Å². The summed E-state index contributed by atoms with van der Waals surface area (Å²) in [6.07, 6.45) is 3.92. The first-order valence-corrected chi connectivity index (χ1v) is 6.54. The number of aliphatic hydroxyl groups is 1. The Labute approximate surface area is 95.3 Å². The molecule has 2 rings (SSSR count). The quantitative estimate of drug-likeness (QED) is 0.824. The maximum absolute atomic E-state index is 10.4. The van der Waals surface area contributed by atoms with Gasteiger partial charge in [0.2, 0.25) is 0 Å². The summed E-state index contributed by atoms with van der Waals surface area (Å²) in [4.78, 5) is 2.73. The van der Waals surface area contributed by atoms with Gasteiger partial charge in [0.25, 0.3) is 0 Å². The minimum absolute atomic E-state index is 0.506. The molecule has 1 aliphatic rings. The van der Waals surface area contributed by atoms with Crippen molar-refractivity contribution >= 4 is 11.3 Å². The SMILES string of the molecule is CCc1ccc(CC2(O)CCCNC2)s1. The number of rotatable bonds is 3. The molecule has 2 nitrogen and oxygen atoms in total. The maximum atomic E-state index is 10.4. The van der Waals surface area contributed by atoms with Gasteiger partial charge < -0.3 is 10.4 Å². The van der Waals surface area contributed by atoms with Gasteiger partial charge in [-0.3, -0.25) is 0 Å². The Kier molecular flexibility index (Phi) is 3.44. The standard InChI is InChI=1S/C12H19NOS/c1-2-10-4-5-11(15-10)8-12(14)6-3-7-13-9-12/h4-5,13-14H,2-3,6-9H2,1H3. The lowest BCUT2D eigenvalue weighted by molar-refractivity contribution is 0.0176. The van der Waals surface area contributed by atoms with E-state index in [1.807, 2.05) is 11.3 Å². The highest BCUT2D eigenvalue weighted by Gasteiger charge is 2.29. The molecule has 2 heterocycles. The maximum Gasteiger partial charge on any atom is 0.0820 e. The Morgan fingerprint density at radius 1 is 1.47 bits per heavy atom. The van der Waals surface area contributed by atoms with Crippen molar-refractivity contribution in [2.45, 2.75) is 38.2 Å². The van der Waals surface area contributed by atoms with Gasteiger partial charge in [0.1, 0.15) is 0 Å². The van der Waals surface area contributed by atoms with Gasteiger partial charge in [-0.2, -0.15) is 0 Å². The van der Waals surface area contributed by atoms with Gasteiger partial charge >= 0.3 is 0 Å². The predicted octanol–water partition coefficient (Wildman–Crippen LogP) is 1.97. The van der Waals surface area contributed by atoms with Gasteiger partial charge in [-0.25, -0.2) is 0 Å². The molecule has 0 aromatic carbocycles. The number of hydrogen-bond donors (Lipinski definition) is 2. The first-order valence-electron chi connectivity index (χ1n) is 5.72. The van der Waals surface area contributed by atoms with Crippen LogP contribution in [0.1, 0.15) is 29.5 Å². The summed E-state index contributed by atoms with van der Waals surface area (Å²) in [6.45, 7) is 3.96. The van der Waals surface area contributed by atoms with E-state index in [1.165, 1.54) is 9.75 Å². The molecule has 1 atom stereocenters. The van der Waals surface area contributed by atoms with Gasteiger partial charge in [-0.15, -0.1) is 11.3 Å². The Hall–Kier alpha value is -0.380. The summed E-state index contributed by atoms with van der Waals surface area (Å²) in [6, 6.07) is 4.34. The second-order valence-corrected chi connectivity index (χ2v) is 5.66. The molecule has 0 amide bonds. The average Bonchev–Trinajstić information content (AvgIpc) is 2.66. The third-order valence-electron chi connectivity index (χ3n) is 3.02. The van der Waals surface area contributed by atoms with Crippen LogP contribution in [-0.4, -0.2) is 23.8 Å². The molecule has 15 heavy (non-hydrogen) atoms. The third-order valence-corrected chi connectivity index (χ3v) is 4.25. The minimum atomic E-state index is -0.506. The Balaban J connectivity index is 2.00. The van der Waals surface area contributed by atoms with E-state index in [-0.39, 0.29) is 0 Å². The monoisotopic (exact) mass is 225 g/mol. The van der Waals surface area contributed by atoms with E-state index in [1.54, 1.807) is 0 Å². The van der Waals surface area contributed by atoms with Crippen LogP contribution in [0, 0.1) is 0 Å². The molecule has 0 radical (unpaired) electrons. The highest BCUT2D eigenvalue weighted by Crippen LogP contribution is 2.26. The Morgan fingerprint density at radius 2 is 2.27 bits per heavy atom. The summed E-state index contributed by atoms with van der Waals surface area (Å²) in [5.41, 5.74) is -0.506. The molecule has 0 aliphatic carbocycles. The van der Waals surface area contributed by atoms with Gasteiger partial charge in [-0.05, 0) is 37.9 Å². The second kappa shape index (κ2) is 4.64. The van der Waals surface area contributed by atoms with Gasteiger partial charge in [-0.1, -0.05) is 6.92 Å². The smallest absolute Gasteiger partial charge is 0.0820 e. The molecular weight excluding hydrogens is 206 g/mol. The lowest BCUT2D eigenvalue weighted by atomic mass is 9.90. The van der Waals surface area contributed by atoms with Crippen molar-refractivity contribution in [1.29, 1.82) is 0 Å². The van der Waals surface area contributed by atoms with Crippen molar-refractivity contribution in [3.63, 3.8) is 0 Å². The van der Waals surface area contributed by atoms with Crippen LogP contribution in [0.2, 0.25) is 0 Å². The molecule has 1 aromatic heterocycles. The summed E-state index contributed by atoms with van der Waals surface area (Å²) >= 11 is 1.84. The molecule has 84 valence electrons. The zero-order valence-corrected chi connectivity index (χ0v) is 10.1. The topological polar surface area (TPSA) is 32.3 Å². The van der Waals surface area contributed by atoms with E-state index in [9.17, 15) is 5.11 Å². The van der Waals surface area contributed by atoms with Gasteiger partial charge in [0.05, 0.1) is 5.60 Å². The van der Waals surface area contributed by atoms with Crippen molar-refractivity contribution in [1.82, 2.24) is 5.32 Å². The largest absolute Gasteiger partial charge is 0.388 e. The van der Waals surface area contributed by atoms with Crippen LogP contribution in [0.3, 0.4) is 0 Å². The zero-order chi connectivity index (χ0) is 10.7. The molecule has 1 unspecified atom stereocenters. The van der Waals surface area contributed by atoms with E-state index in [2.05, 4.69) is 24.4 Å². The summed E-state index contributed by atoms with van der Waals surface area (Å²) in [7, 11) is 0. The second-order valence-electron chi connectivity index (χ2n) is 4.40. The van der Waals surface area contributed by atoms with E-state index in [0.29, 0.717) is 0 Å². The van der Waals surface area contributed by atoms with Gasteiger partial charge in [0, 0.05) is 22.7 Å². The predicted molar refractivity (Wildman–Crippen MR) is 64.5 cm³/mol. The molecule has 3 heteroatoms. The van der Waals surface area contributed by atoms with E-state index in [4.69, 9.17) is 0 Å². The molecule has 0 saturated carbocycles. The summed E-state index contributed by atoms with van der Waals surface area (Å²) in [5, 5.41) is 13.6. The number of nitrogens with one attached hydrogen (secondary N) is 1. The lowest BCUT2D eigenvalue weighted by Gasteiger charge is -2.32. The number of aryl methyl sites for hydroxylation is 1. The number of β-amino-alcohol motifs (C(OH)–C–C–N with tert-alkyl or cyclic N) is 1. The van der Waals surface area contributed by atoms with Crippen LogP contribution in [0.15, 0.2) is 12.1 Å². The van der Waals surface area contributed by atoms with Crippen LogP contribution < -0.4 is 5.32 Å². The minimum Gasteiger partial charge on any atom is -0.388 e. The molecule has 1 saturated heterocycles. The molecule has 1 aliphatic heterocycles. The van der Waals surface area contributed by atoms with Crippen LogP contribution >= 0.6 is 11.3 Å². The Bertz CT molecular complexity index is 315. The van der Waals surface area contributed by atoms with Crippen LogP contribution in [-0.2, 0) is 12.8 Å². The summed E-state index contributed by atoms with van der Waals surface area (Å²) in [5.74, 6) is 0. The number of thiophene rings is 1. The molecule has 0 bridgehead atoms. The highest BCUT2D eigenvalue weighted by molar-refractivity contribution is 7.12. The normalized spacial score (nSPS) is 26.8. The lowest BCUT2D eigenvalue weighted by Crippen LogP contribution is -2.46. The van der Waals surface area contributed by atoms with Crippen molar-refractivity contribution in [2.24, 2.45) is 0 Å². The Morgan fingerprint density at radius 3 is 2.87 bits per heavy atom. The fraction of sp³-hybridized carbons (Fsp3) is 0.667. The fourth-order valence-corrected chi connectivity index (χ4v) is 3.23. The molecule has 0 spiro atoms. The van der Waals surface area contributed by atoms with Gasteiger partial charge in [0.15, 0.2) is 0 Å². The highest BCUT2D eigenvalue weighted by atomic mass is 32.1. The molecule has 2 N–H and O–H groups in total. The number of piperidine rings is 1. The first kappa shape index (κ1) is 11.1. The van der Waals surface area contributed by atoms with Crippen LogP contribution in [0.4, 0.5) is 0 Å². The van der Waals surface area contributed by atoms with Crippen LogP contribution in [0.25, 0.3) is 0 Å². The molecule has 1 fully saturated rings. The van der Waals surface area contributed by atoms with Crippen molar-refractivity contribution in [3.8, 4) is 0 Å².